The second-order valence-electron chi connectivity index (χ2n) is 6.09. The molecule has 2 aromatic rings. The van der Waals surface area contributed by atoms with E-state index in [4.69, 9.17) is 12.2 Å². The first-order valence-electron chi connectivity index (χ1n) is 8.92. The molecule has 4 nitrogen and oxygen atoms in total. The third-order valence-electron chi connectivity index (χ3n) is 4.07. The van der Waals surface area contributed by atoms with Gasteiger partial charge in [0.25, 0.3) is 0 Å². The van der Waals surface area contributed by atoms with Crippen LogP contribution in [0.25, 0.3) is 0 Å². The van der Waals surface area contributed by atoms with Gasteiger partial charge in [0.05, 0.1) is 7.11 Å². The first-order valence-corrected chi connectivity index (χ1v) is 9.33. The summed E-state index contributed by atoms with van der Waals surface area (Å²) in [5.41, 5.74) is 3.51. The maximum absolute atomic E-state index is 11.1. The van der Waals surface area contributed by atoms with Gasteiger partial charge in [-0.25, -0.2) is 0 Å². The number of unbranched alkanes of at least 4 members (excludes halogenated alkanes) is 2. The predicted octanol–water partition coefficient (Wildman–Crippen LogP) is 4.30. The van der Waals surface area contributed by atoms with Crippen LogP contribution in [0.4, 0.5) is 5.69 Å². The van der Waals surface area contributed by atoms with Gasteiger partial charge in [0.1, 0.15) is 0 Å². The van der Waals surface area contributed by atoms with Crippen LogP contribution in [0.2, 0.25) is 0 Å². The Hall–Kier alpha value is -2.40. The van der Waals surface area contributed by atoms with Crippen LogP contribution in [0.15, 0.2) is 54.6 Å². The summed E-state index contributed by atoms with van der Waals surface area (Å²) >= 11 is 5.40. The Kier molecular flexibility index (Phi) is 8.63. The topological polar surface area (TPSA) is 50.4 Å². The van der Waals surface area contributed by atoms with Crippen molar-refractivity contribution in [2.75, 3.05) is 19.0 Å². The summed E-state index contributed by atoms with van der Waals surface area (Å²) in [6.07, 6.45) is 4.11. The van der Waals surface area contributed by atoms with Crippen LogP contribution in [0.1, 0.15) is 36.8 Å². The van der Waals surface area contributed by atoms with Gasteiger partial charge in [-0.05, 0) is 48.7 Å². The molecule has 0 amide bonds. The van der Waals surface area contributed by atoms with Crippen molar-refractivity contribution in [1.29, 1.82) is 0 Å². The Morgan fingerprint density at radius 1 is 1.00 bits per heavy atom. The second kappa shape index (κ2) is 11.3. The van der Waals surface area contributed by atoms with Gasteiger partial charge in [-0.2, -0.15) is 0 Å². The van der Waals surface area contributed by atoms with Gasteiger partial charge in [-0.3, -0.25) is 4.79 Å². The summed E-state index contributed by atoms with van der Waals surface area (Å²) in [6.45, 7) is 0.786. The van der Waals surface area contributed by atoms with Gasteiger partial charge in [-0.15, -0.1) is 0 Å². The van der Waals surface area contributed by atoms with Crippen LogP contribution in [-0.4, -0.2) is 24.7 Å². The number of thiocarbonyl (C=S) groups is 1. The van der Waals surface area contributed by atoms with E-state index in [1.165, 1.54) is 18.2 Å². The lowest BCUT2D eigenvalue weighted by Crippen LogP contribution is -2.29. The van der Waals surface area contributed by atoms with E-state index in [1.54, 1.807) is 0 Å². The van der Waals surface area contributed by atoms with Crippen molar-refractivity contribution in [3.63, 3.8) is 0 Å². The maximum atomic E-state index is 11.1. The first kappa shape index (κ1) is 19.9. The number of hydrogen-bond donors (Lipinski definition) is 2. The van der Waals surface area contributed by atoms with Crippen molar-refractivity contribution in [1.82, 2.24) is 5.32 Å². The summed E-state index contributed by atoms with van der Waals surface area (Å²) in [5, 5.41) is 7.15. The number of hydrogen-bond acceptors (Lipinski definition) is 3. The highest BCUT2D eigenvalue weighted by Gasteiger charge is 2.05. The van der Waals surface area contributed by atoms with Gasteiger partial charge >= 0.3 is 5.97 Å². The van der Waals surface area contributed by atoms with Crippen LogP contribution >= 0.6 is 12.2 Å². The van der Waals surface area contributed by atoms with Crippen molar-refractivity contribution >= 4 is 29.0 Å². The SMILES string of the molecule is COC(=O)CCCCCNC(=S)Nc1ccccc1Cc1ccccc1. The van der Waals surface area contributed by atoms with Crippen molar-refractivity contribution in [3.8, 4) is 0 Å². The number of carbonyl (C=O) groups excluding carboxylic acids is 1. The first-order chi connectivity index (χ1) is 12.7. The lowest BCUT2D eigenvalue weighted by Gasteiger charge is -2.14. The molecule has 2 aromatic carbocycles. The molecule has 0 bridgehead atoms. The van der Waals surface area contributed by atoms with Crippen molar-refractivity contribution in [2.45, 2.75) is 32.1 Å². The molecule has 0 aliphatic rings. The van der Waals surface area contributed by atoms with E-state index in [0.717, 1.165) is 37.9 Å². The Labute approximate surface area is 161 Å². The number of ether oxygens (including phenoxy) is 1. The van der Waals surface area contributed by atoms with Crippen LogP contribution in [0.5, 0.6) is 0 Å². The number of nitrogens with one attached hydrogen (secondary N) is 2. The fourth-order valence-corrected chi connectivity index (χ4v) is 2.87. The van der Waals surface area contributed by atoms with Gasteiger partial charge < -0.3 is 15.4 Å². The summed E-state index contributed by atoms with van der Waals surface area (Å²) in [5.74, 6) is -0.148. The number of para-hydroxylation sites is 1. The lowest BCUT2D eigenvalue weighted by molar-refractivity contribution is -0.140. The molecular formula is C21H26N2O2S. The average Bonchev–Trinajstić information content (AvgIpc) is 2.66. The number of rotatable bonds is 9. The Morgan fingerprint density at radius 2 is 1.73 bits per heavy atom. The fraction of sp³-hybridized carbons (Fsp3) is 0.333. The number of benzene rings is 2. The molecule has 0 unspecified atom stereocenters. The summed E-state index contributed by atoms with van der Waals surface area (Å²) < 4.78 is 4.63. The highest BCUT2D eigenvalue weighted by atomic mass is 32.1. The van der Waals surface area contributed by atoms with Crippen LogP contribution in [0.3, 0.4) is 0 Å². The molecule has 2 rings (SSSR count). The minimum Gasteiger partial charge on any atom is -0.469 e. The van der Waals surface area contributed by atoms with Gasteiger partial charge in [-0.1, -0.05) is 55.0 Å². The quantitative estimate of drug-likeness (QED) is 0.392. The normalized spacial score (nSPS) is 10.2. The molecule has 0 aliphatic carbocycles. The summed E-state index contributed by atoms with van der Waals surface area (Å²) in [4.78, 5) is 11.1. The average molecular weight is 371 g/mol. The van der Waals surface area contributed by atoms with E-state index in [0.29, 0.717) is 11.5 Å². The molecule has 0 aliphatic heterocycles. The van der Waals surface area contributed by atoms with E-state index in [-0.39, 0.29) is 5.97 Å². The van der Waals surface area contributed by atoms with Gasteiger partial charge in [0.2, 0.25) is 0 Å². The molecule has 2 N–H and O–H groups in total. The van der Waals surface area contributed by atoms with Crippen LogP contribution < -0.4 is 10.6 Å². The van der Waals surface area contributed by atoms with Crippen LogP contribution in [-0.2, 0) is 16.0 Å². The standard InChI is InChI=1S/C21H26N2O2S/c1-25-20(24)14-6-3-9-15-22-21(26)23-19-13-8-7-12-18(19)16-17-10-4-2-5-11-17/h2,4-5,7-8,10-13H,3,6,9,14-16H2,1H3,(H2,22,23,26). The number of esters is 1. The zero-order valence-electron chi connectivity index (χ0n) is 15.2. The molecule has 26 heavy (non-hydrogen) atoms. The molecule has 138 valence electrons. The van der Waals surface area contributed by atoms with Crippen molar-refractivity contribution in [2.24, 2.45) is 0 Å². The molecule has 0 spiro atoms. The second-order valence-corrected chi connectivity index (χ2v) is 6.50. The summed E-state index contributed by atoms with van der Waals surface area (Å²) in [7, 11) is 1.42. The number of methoxy groups -OCH3 is 1. The number of carbonyl (C=O) groups is 1. The lowest BCUT2D eigenvalue weighted by atomic mass is 10.0. The largest absolute Gasteiger partial charge is 0.469 e. The number of anilines is 1. The van der Waals surface area contributed by atoms with E-state index < -0.39 is 0 Å². The van der Waals surface area contributed by atoms with Crippen molar-refractivity contribution < 1.29 is 9.53 Å². The molecule has 0 saturated heterocycles. The molecule has 0 radical (unpaired) electrons. The fourth-order valence-electron chi connectivity index (χ4n) is 2.65. The Morgan fingerprint density at radius 3 is 2.50 bits per heavy atom. The predicted molar refractivity (Wildman–Crippen MR) is 110 cm³/mol. The minimum absolute atomic E-state index is 0.148. The van der Waals surface area contributed by atoms with Crippen LogP contribution in [0, 0.1) is 0 Å². The van der Waals surface area contributed by atoms with E-state index in [2.05, 4.69) is 45.7 Å². The molecular weight excluding hydrogens is 344 g/mol. The maximum Gasteiger partial charge on any atom is 0.305 e. The van der Waals surface area contributed by atoms with E-state index >= 15 is 0 Å². The highest BCUT2D eigenvalue weighted by Crippen LogP contribution is 2.19. The molecule has 0 fully saturated rings. The smallest absolute Gasteiger partial charge is 0.305 e. The molecule has 0 heterocycles. The molecule has 0 aromatic heterocycles. The third kappa shape index (κ3) is 7.23. The Bertz CT molecular complexity index is 704. The van der Waals surface area contributed by atoms with E-state index in [1.807, 2.05) is 24.3 Å². The zero-order chi connectivity index (χ0) is 18.6. The minimum atomic E-state index is -0.148. The van der Waals surface area contributed by atoms with Crippen molar-refractivity contribution in [3.05, 3.63) is 65.7 Å². The van der Waals surface area contributed by atoms with E-state index in [9.17, 15) is 4.79 Å². The molecule has 0 atom stereocenters. The van der Waals surface area contributed by atoms with Gasteiger partial charge in [0, 0.05) is 18.7 Å². The Balaban J connectivity index is 1.76. The summed E-state index contributed by atoms with van der Waals surface area (Å²) in [6, 6.07) is 18.6. The zero-order valence-corrected chi connectivity index (χ0v) is 16.0. The molecule has 0 saturated carbocycles. The highest BCUT2D eigenvalue weighted by molar-refractivity contribution is 7.80. The van der Waals surface area contributed by atoms with Gasteiger partial charge in [0.15, 0.2) is 5.11 Å². The monoisotopic (exact) mass is 370 g/mol. The molecule has 5 heteroatoms. The third-order valence-corrected chi connectivity index (χ3v) is 4.32.